The van der Waals surface area contributed by atoms with Crippen LogP contribution in [-0.2, 0) is 0 Å². The molecule has 0 unspecified atom stereocenters. The minimum absolute atomic E-state index is 0.0965. The monoisotopic (exact) mass is 322 g/mol. The fraction of sp³-hybridized carbons (Fsp3) is 0.200. The first-order valence-electron chi connectivity index (χ1n) is 7.77. The number of hydrogen-bond acceptors (Lipinski definition) is 4. The Hall–Kier alpha value is -2.88. The maximum atomic E-state index is 12.4. The molecule has 0 aliphatic carbocycles. The summed E-state index contributed by atoms with van der Waals surface area (Å²) in [5.74, 6) is 0.439. The topological polar surface area (TPSA) is 56.5 Å². The number of rotatable bonds is 4. The Morgan fingerprint density at radius 1 is 1.08 bits per heavy atom. The minimum atomic E-state index is -0.639. The third-order valence-electron chi connectivity index (χ3n) is 4.05. The average molecular weight is 322 g/mol. The van der Waals surface area contributed by atoms with Gasteiger partial charge in [-0.25, -0.2) is 4.79 Å². The van der Waals surface area contributed by atoms with E-state index in [0.29, 0.717) is 22.5 Å². The Morgan fingerprint density at radius 3 is 2.50 bits per heavy atom. The van der Waals surface area contributed by atoms with E-state index in [9.17, 15) is 9.59 Å². The fourth-order valence-electron chi connectivity index (χ4n) is 2.71. The summed E-state index contributed by atoms with van der Waals surface area (Å²) in [5, 5.41) is 0.862. The molecule has 0 N–H and O–H groups in total. The molecule has 0 aliphatic heterocycles. The normalized spacial score (nSPS) is 12.1. The molecule has 0 saturated carbocycles. The average Bonchev–Trinajstić information content (AvgIpc) is 2.57. The van der Waals surface area contributed by atoms with E-state index in [-0.39, 0.29) is 5.78 Å². The van der Waals surface area contributed by atoms with Crippen molar-refractivity contribution < 1.29 is 13.9 Å². The molecule has 3 rings (SSSR count). The first-order chi connectivity index (χ1) is 11.5. The molecule has 24 heavy (non-hydrogen) atoms. The number of carbonyl (C=O) groups excluding carboxylic acids is 1. The molecule has 2 aromatic carbocycles. The van der Waals surface area contributed by atoms with E-state index in [1.54, 1.807) is 25.1 Å². The summed E-state index contributed by atoms with van der Waals surface area (Å²) in [5.41, 5.74) is 2.27. The van der Waals surface area contributed by atoms with Crippen molar-refractivity contribution >= 4 is 16.8 Å². The molecular formula is C20H18O4. The molecule has 1 atom stereocenters. The molecule has 1 aromatic heterocycles. The van der Waals surface area contributed by atoms with Gasteiger partial charge in [0, 0.05) is 22.6 Å². The van der Waals surface area contributed by atoms with E-state index in [4.69, 9.17) is 9.15 Å². The second kappa shape index (κ2) is 6.32. The molecule has 0 bridgehead atoms. The first-order valence-corrected chi connectivity index (χ1v) is 7.77. The van der Waals surface area contributed by atoms with Gasteiger partial charge in [0.05, 0.1) is 0 Å². The Morgan fingerprint density at radius 2 is 1.79 bits per heavy atom. The predicted molar refractivity (Wildman–Crippen MR) is 92.8 cm³/mol. The van der Waals surface area contributed by atoms with E-state index < -0.39 is 11.7 Å². The van der Waals surface area contributed by atoms with Crippen molar-refractivity contribution in [3.05, 3.63) is 75.6 Å². The van der Waals surface area contributed by atoms with Gasteiger partial charge in [0.25, 0.3) is 0 Å². The van der Waals surface area contributed by atoms with Crippen LogP contribution in [0.5, 0.6) is 5.75 Å². The zero-order valence-corrected chi connectivity index (χ0v) is 13.8. The summed E-state index contributed by atoms with van der Waals surface area (Å²) in [4.78, 5) is 24.1. The molecule has 0 radical (unpaired) electrons. The molecule has 0 amide bonds. The number of carbonyl (C=O) groups is 1. The number of ketones is 1. The number of hydrogen-bond donors (Lipinski definition) is 0. The molecule has 0 saturated heterocycles. The van der Waals surface area contributed by atoms with Crippen molar-refractivity contribution in [1.29, 1.82) is 0 Å². The lowest BCUT2D eigenvalue weighted by Gasteiger charge is -2.16. The largest absolute Gasteiger partial charge is 0.482 e. The summed E-state index contributed by atoms with van der Waals surface area (Å²) in [6, 6.07) is 14.1. The maximum absolute atomic E-state index is 12.4. The van der Waals surface area contributed by atoms with Gasteiger partial charge in [-0.3, -0.25) is 4.79 Å². The SMILES string of the molecule is Cc1cc(=O)oc2c(C)c(O[C@@H](C)C(=O)c3ccccc3)ccc12. The zero-order chi connectivity index (χ0) is 17.3. The van der Waals surface area contributed by atoms with Crippen LogP contribution in [0.3, 0.4) is 0 Å². The van der Waals surface area contributed by atoms with Crippen molar-refractivity contribution in [3.63, 3.8) is 0 Å². The van der Waals surface area contributed by atoms with Gasteiger partial charge in [-0.15, -0.1) is 0 Å². The van der Waals surface area contributed by atoms with Crippen LogP contribution in [0, 0.1) is 13.8 Å². The molecule has 0 aliphatic rings. The van der Waals surface area contributed by atoms with Gasteiger partial charge in [0.2, 0.25) is 5.78 Å². The third kappa shape index (κ3) is 2.95. The van der Waals surface area contributed by atoms with Crippen LogP contribution < -0.4 is 10.4 Å². The second-order valence-corrected chi connectivity index (χ2v) is 5.80. The lowest BCUT2D eigenvalue weighted by atomic mass is 10.1. The quantitative estimate of drug-likeness (QED) is 0.537. The van der Waals surface area contributed by atoms with Gasteiger partial charge in [-0.2, -0.15) is 0 Å². The Kier molecular flexibility index (Phi) is 4.21. The van der Waals surface area contributed by atoms with E-state index in [1.807, 2.05) is 38.1 Å². The van der Waals surface area contributed by atoms with Crippen molar-refractivity contribution in [2.75, 3.05) is 0 Å². The number of fused-ring (bicyclic) bond motifs is 1. The fourth-order valence-corrected chi connectivity index (χ4v) is 2.71. The van der Waals surface area contributed by atoms with Gasteiger partial charge in [-0.1, -0.05) is 30.3 Å². The summed E-state index contributed by atoms with van der Waals surface area (Å²) in [7, 11) is 0. The molecule has 0 spiro atoms. The number of benzene rings is 2. The summed E-state index contributed by atoms with van der Waals surface area (Å²) < 4.78 is 11.2. The molecule has 3 aromatic rings. The zero-order valence-electron chi connectivity index (χ0n) is 13.8. The standard InChI is InChI=1S/C20H18O4/c1-12-11-18(21)24-20-13(2)17(10-9-16(12)20)23-14(3)19(22)15-7-5-4-6-8-15/h4-11,14H,1-3H3/t14-/m0/s1. The van der Waals surface area contributed by atoms with E-state index in [0.717, 1.165) is 10.9 Å². The highest BCUT2D eigenvalue weighted by molar-refractivity contribution is 5.99. The molecule has 4 heteroatoms. The van der Waals surface area contributed by atoms with E-state index >= 15 is 0 Å². The Balaban J connectivity index is 1.94. The van der Waals surface area contributed by atoms with Crippen molar-refractivity contribution in [2.45, 2.75) is 26.9 Å². The highest BCUT2D eigenvalue weighted by atomic mass is 16.5. The number of aryl methyl sites for hydroxylation is 2. The smallest absolute Gasteiger partial charge is 0.336 e. The highest BCUT2D eigenvalue weighted by Gasteiger charge is 2.19. The van der Waals surface area contributed by atoms with Gasteiger partial charge in [-0.05, 0) is 38.5 Å². The first kappa shape index (κ1) is 16.0. The van der Waals surface area contributed by atoms with Crippen molar-refractivity contribution in [1.82, 2.24) is 0 Å². The van der Waals surface area contributed by atoms with E-state index in [2.05, 4.69) is 0 Å². The highest BCUT2D eigenvalue weighted by Crippen LogP contribution is 2.29. The minimum Gasteiger partial charge on any atom is -0.482 e. The Bertz CT molecular complexity index is 955. The second-order valence-electron chi connectivity index (χ2n) is 5.80. The van der Waals surface area contributed by atoms with Gasteiger partial charge in [0.15, 0.2) is 6.10 Å². The van der Waals surface area contributed by atoms with Crippen LogP contribution in [-0.4, -0.2) is 11.9 Å². The predicted octanol–water partition coefficient (Wildman–Crippen LogP) is 4.06. The van der Waals surface area contributed by atoms with Crippen molar-refractivity contribution in [3.8, 4) is 5.75 Å². The molecule has 1 heterocycles. The maximum Gasteiger partial charge on any atom is 0.336 e. The van der Waals surface area contributed by atoms with Crippen LogP contribution in [0.2, 0.25) is 0 Å². The van der Waals surface area contributed by atoms with Crippen LogP contribution in [0.15, 0.2) is 57.7 Å². The van der Waals surface area contributed by atoms with Crippen LogP contribution in [0.4, 0.5) is 0 Å². The summed E-state index contributed by atoms with van der Waals surface area (Å²) in [6.07, 6.45) is -0.639. The lowest BCUT2D eigenvalue weighted by Crippen LogP contribution is -2.24. The van der Waals surface area contributed by atoms with Gasteiger partial charge in [0.1, 0.15) is 11.3 Å². The lowest BCUT2D eigenvalue weighted by molar-refractivity contribution is 0.0817. The van der Waals surface area contributed by atoms with E-state index in [1.165, 1.54) is 6.07 Å². The number of Topliss-reactive ketones (excluding diaryl/α,β-unsaturated/α-hetero) is 1. The van der Waals surface area contributed by atoms with Crippen LogP contribution in [0.25, 0.3) is 11.0 Å². The third-order valence-corrected chi connectivity index (χ3v) is 4.05. The number of ether oxygens (including phenoxy) is 1. The molecule has 122 valence electrons. The van der Waals surface area contributed by atoms with Crippen LogP contribution >= 0.6 is 0 Å². The molecular weight excluding hydrogens is 304 g/mol. The Labute approximate surface area is 139 Å². The van der Waals surface area contributed by atoms with Gasteiger partial charge >= 0.3 is 5.63 Å². The summed E-state index contributed by atoms with van der Waals surface area (Å²) >= 11 is 0. The summed E-state index contributed by atoms with van der Waals surface area (Å²) in [6.45, 7) is 5.39. The van der Waals surface area contributed by atoms with Crippen LogP contribution in [0.1, 0.15) is 28.4 Å². The van der Waals surface area contributed by atoms with Gasteiger partial charge < -0.3 is 9.15 Å². The van der Waals surface area contributed by atoms with Crippen molar-refractivity contribution in [2.24, 2.45) is 0 Å². The molecule has 4 nitrogen and oxygen atoms in total. The molecule has 0 fully saturated rings.